The number of halogens is 6. The minimum absolute atomic E-state index is 0.0428. The lowest BCUT2D eigenvalue weighted by molar-refractivity contribution is -0.143. The number of alkyl halides is 6. The van der Waals surface area contributed by atoms with E-state index in [1.54, 1.807) is 0 Å². The average Bonchev–Trinajstić information content (AvgIpc) is 3.19. The van der Waals surface area contributed by atoms with Crippen molar-refractivity contribution in [3.63, 3.8) is 0 Å². The summed E-state index contributed by atoms with van der Waals surface area (Å²) in [6.45, 7) is -0.580. The van der Waals surface area contributed by atoms with E-state index < -0.39 is 30.1 Å². The number of benzene rings is 2. The van der Waals surface area contributed by atoms with Gasteiger partial charge in [0.15, 0.2) is 5.69 Å². The van der Waals surface area contributed by atoms with E-state index in [9.17, 15) is 26.3 Å². The second kappa shape index (κ2) is 8.17. The molecule has 0 spiro atoms. The standard InChI is InChI=1S/C19H12F6N4O2/c1-30-14-4-11(17-16(8-26)27-29-28-17)5-15(7-14)31-9-10-2-12(18(20,21)22)6-13(3-10)19(23,24)25/h2-7H,9H2,1H3,(H,27,28,29). The van der Waals surface area contributed by atoms with E-state index in [1.807, 2.05) is 6.07 Å². The summed E-state index contributed by atoms with van der Waals surface area (Å²) in [5.41, 5.74) is -2.64. The van der Waals surface area contributed by atoms with Gasteiger partial charge in [0.2, 0.25) is 0 Å². The van der Waals surface area contributed by atoms with Crippen LogP contribution in [0.5, 0.6) is 11.5 Å². The highest BCUT2D eigenvalue weighted by Gasteiger charge is 2.36. The first kappa shape index (κ1) is 21.9. The molecule has 6 nitrogen and oxygen atoms in total. The van der Waals surface area contributed by atoms with E-state index in [2.05, 4.69) is 15.4 Å². The maximum absolute atomic E-state index is 13.0. The van der Waals surface area contributed by atoms with Gasteiger partial charge in [-0.25, -0.2) is 5.10 Å². The van der Waals surface area contributed by atoms with Gasteiger partial charge < -0.3 is 9.47 Å². The zero-order valence-electron chi connectivity index (χ0n) is 15.6. The van der Waals surface area contributed by atoms with Crippen LogP contribution in [0.25, 0.3) is 11.3 Å². The van der Waals surface area contributed by atoms with Gasteiger partial charge in [-0.05, 0) is 35.9 Å². The number of H-pyrrole nitrogens is 1. The monoisotopic (exact) mass is 442 g/mol. The minimum atomic E-state index is -4.96. The van der Waals surface area contributed by atoms with Gasteiger partial charge in [0.25, 0.3) is 0 Å². The number of rotatable bonds is 5. The Morgan fingerprint density at radius 3 is 2.10 bits per heavy atom. The maximum atomic E-state index is 13.0. The molecule has 0 atom stereocenters. The highest BCUT2D eigenvalue weighted by Crippen LogP contribution is 2.37. The molecule has 1 N–H and O–H groups in total. The van der Waals surface area contributed by atoms with Crippen molar-refractivity contribution in [2.24, 2.45) is 0 Å². The number of ether oxygens (including phenoxy) is 2. The van der Waals surface area contributed by atoms with Crippen molar-refractivity contribution in [3.8, 4) is 28.8 Å². The molecule has 0 radical (unpaired) electrons. The molecule has 0 fully saturated rings. The second-order valence-corrected chi connectivity index (χ2v) is 6.25. The Hall–Kier alpha value is -3.75. The number of nitrogens with one attached hydrogen (secondary N) is 1. The highest BCUT2D eigenvalue weighted by atomic mass is 19.4. The van der Waals surface area contributed by atoms with Gasteiger partial charge in [0.1, 0.15) is 29.9 Å². The lowest BCUT2D eigenvalue weighted by Crippen LogP contribution is -2.12. The first-order chi connectivity index (χ1) is 14.5. The van der Waals surface area contributed by atoms with Crippen molar-refractivity contribution >= 4 is 0 Å². The number of aromatic nitrogens is 3. The maximum Gasteiger partial charge on any atom is 0.416 e. The molecule has 12 heteroatoms. The van der Waals surface area contributed by atoms with E-state index in [0.29, 0.717) is 17.7 Å². The molecule has 0 unspecified atom stereocenters. The second-order valence-electron chi connectivity index (χ2n) is 6.25. The Morgan fingerprint density at radius 2 is 1.55 bits per heavy atom. The zero-order chi connectivity index (χ0) is 22.8. The summed E-state index contributed by atoms with van der Waals surface area (Å²) in [6, 6.07) is 7.36. The molecule has 1 aromatic heterocycles. The molecule has 31 heavy (non-hydrogen) atoms. The van der Waals surface area contributed by atoms with E-state index in [4.69, 9.17) is 14.7 Å². The Balaban J connectivity index is 1.94. The summed E-state index contributed by atoms with van der Waals surface area (Å²) in [4.78, 5) is 0. The van der Waals surface area contributed by atoms with Gasteiger partial charge >= 0.3 is 12.4 Å². The number of nitriles is 1. The summed E-state index contributed by atoms with van der Waals surface area (Å²) in [7, 11) is 1.35. The van der Waals surface area contributed by atoms with E-state index in [1.165, 1.54) is 25.3 Å². The molecule has 0 saturated heterocycles. The molecule has 0 aliphatic carbocycles. The largest absolute Gasteiger partial charge is 0.497 e. The third-order valence-electron chi connectivity index (χ3n) is 4.10. The molecular formula is C19H12F6N4O2. The van der Waals surface area contributed by atoms with Crippen molar-refractivity contribution in [1.29, 1.82) is 5.26 Å². The van der Waals surface area contributed by atoms with Crippen molar-refractivity contribution < 1.29 is 35.8 Å². The fourth-order valence-corrected chi connectivity index (χ4v) is 2.69. The van der Waals surface area contributed by atoms with Crippen LogP contribution in [0, 0.1) is 11.3 Å². The van der Waals surface area contributed by atoms with Crippen molar-refractivity contribution in [2.45, 2.75) is 19.0 Å². The van der Waals surface area contributed by atoms with Gasteiger partial charge in [0.05, 0.1) is 18.2 Å². The predicted molar refractivity (Wildman–Crippen MR) is 93.9 cm³/mol. The van der Waals surface area contributed by atoms with Crippen molar-refractivity contribution in [3.05, 3.63) is 58.8 Å². The number of hydrogen-bond acceptors (Lipinski definition) is 5. The summed E-state index contributed by atoms with van der Waals surface area (Å²) in [6.07, 6.45) is -9.92. The summed E-state index contributed by atoms with van der Waals surface area (Å²) < 4.78 is 88.6. The van der Waals surface area contributed by atoms with E-state index in [0.717, 1.165) is 0 Å². The fourth-order valence-electron chi connectivity index (χ4n) is 2.69. The lowest BCUT2D eigenvalue weighted by Gasteiger charge is -2.15. The molecule has 0 bridgehead atoms. The van der Waals surface area contributed by atoms with Crippen LogP contribution in [0.1, 0.15) is 22.4 Å². The molecule has 2 aromatic carbocycles. The van der Waals surface area contributed by atoms with Crippen LogP contribution >= 0.6 is 0 Å². The summed E-state index contributed by atoms with van der Waals surface area (Å²) in [5, 5.41) is 18.8. The minimum Gasteiger partial charge on any atom is -0.497 e. The Labute approximate surface area is 171 Å². The molecule has 0 aliphatic heterocycles. The van der Waals surface area contributed by atoms with Crippen LogP contribution < -0.4 is 9.47 Å². The van der Waals surface area contributed by atoms with Crippen LogP contribution in [-0.2, 0) is 19.0 Å². The Morgan fingerprint density at radius 1 is 0.935 bits per heavy atom. The van der Waals surface area contributed by atoms with Gasteiger partial charge in [-0.3, -0.25) is 0 Å². The van der Waals surface area contributed by atoms with Crippen molar-refractivity contribution in [1.82, 2.24) is 15.4 Å². The van der Waals surface area contributed by atoms with E-state index in [-0.39, 0.29) is 34.5 Å². The van der Waals surface area contributed by atoms with Crippen molar-refractivity contribution in [2.75, 3.05) is 7.11 Å². The number of hydrogen-bond donors (Lipinski definition) is 1. The van der Waals surface area contributed by atoms with Crippen LogP contribution in [-0.4, -0.2) is 22.5 Å². The lowest BCUT2D eigenvalue weighted by atomic mass is 10.1. The molecule has 162 valence electrons. The van der Waals surface area contributed by atoms with Crippen LogP contribution in [0.3, 0.4) is 0 Å². The Bertz CT molecular complexity index is 1100. The summed E-state index contributed by atoms with van der Waals surface area (Å²) in [5.74, 6) is 0.339. The summed E-state index contributed by atoms with van der Waals surface area (Å²) >= 11 is 0. The SMILES string of the molecule is COc1cc(OCc2cc(C(F)(F)F)cc(C(F)(F)F)c2)cc(-c2nn[nH]c2C#N)c1. The molecule has 0 saturated carbocycles. The third kappa shape index (κ3) is 5.06. The van der Waals surface area contributed by atoms with Crippen LogP contribution in [0.2, 0.25) is 0 Å². The topological polar surface area (TPSA) is 83.8 Å². The quantitative estimate of drug-likeness (QED) is 0.565. The third-order valence-corrected chi connectivity index (χ3v) is 4.10. The van der Waals surface area contributed by atoms with Gasteiger partial charge in [-0.2, -0.15) is 31.6 Å². The number of aromatic amines is 1. The zero-order valence-corrected chi connectivity index (χ0v) is 15.6. The normalized spacial score (nSPS) is 11.8. The van der Waals surface area contributed by atoms with Gasteiger partial charge in [0, 0.05) is 11.6 Å². The van der Waals surface area contributed by atoms with Gasteiger partial charge in [-0.1, -0.05) is 5.21 Å². The molecule has 0 amide bonds. The molecule has 3 aromatic rings. The Kier molecular flexibility index (Phi) is 5.79. The first-order valence-corrected chi connectivity index (χ1v) is 8.43. The number of nitrogens with zero attached hydrogens (tertiary/aromatic N) is 3. The van der Waals surface area contributed by atoms with Crippen LogP contribution in [0.15, 0.2) is 36.4 Å². The number of methoxy groups -OCH3 is 1. The van der Waals surface area contributed by atoms with Crippen LogP contribution in [0.4, 0.5) is 26.3 Å². The van der Waals surface area contributed by atoms with E-state index >= 15 is 0 Å². The first-order valence-electron chi connectivity index (χ1n) is 8.43. The molecule has 0 aliphatic rings. The molecular weight excluding hydrogens is 430 g/mol. The fraction of sp³-hybridized carbons (Fsp3) is 0.211. The molecule has 1 heterocycles. The highest BCUT2D eigenvalue weighted by molar-refractivity contribution is 5.67. The predicted octanol–water partition coefficient (Wildman–Crippen LogP) is 4.97. The smallest absolute Gasteiger partial charge is 0.416 e. The molecule has 3 rings (SSSR count). The van der Waals surface area contributed by atoms with Gasteiger partial charge in [-0.15, -0.1) is 5.10 Å². The average molecular weight is 442 g/mol.